The highest BCUT2D eigenvalue weighted by atomic mass is 35.5. The van der Waals surface area contributed by atoms with E-state index in [2.05, 4.69) is 22.2 Å². The van der Waals surface area contributed by atoms with Crippen LogP contribution in [0.3, 0.4) is 0 Å². The van der Waals surface area contributed by atoms with E-state index in [1.807, 2.05) is 0 Å². The first-order valence-corrected chi connectivity index (χ1v) is 6.93. The molecule has 2 rings (SSSR count). The summed E-state index contributed by atoms with van der Waals surface area (Å²) in [6.07, 6.45) is 6.74. The lowest BCUT2D eigenvalue weighted by molar-refractivity contribution is -0.384. The van der Waals surface area contributed by atoms with E-state index in [9.17, 15) is 10.1 Å². The monoisotopic (exact) mass is 284 g/mol. The van der Waals surface area contributed by atoms with Crippen LogP contribution in [0.1, 0.15) is 39.0 Å². The Balaban J connectivity index is 2.21. The molecule has 0 aromatic carbocycles. The summed E-state index contributed by atoms with van der Waals surface area (Å²) in [6.45, 7) is 2.14. The van der Waals surface area contributed by atoms with Gasteiger partial charge in [-0.25, -0.2) is 4.98 Å². The quantitative estimate of drug-likeness (QED) is 0.520. The molecule has 0 spiro atoms. The van der Waals surface area contributed by atoms with Crippen LogP contribution in [0.2, 0.25) is 5.28 Å². The Morgan fingerprint density at radius 3 is 2.95 bits per heavy atom. The average molecular weight is 285 g/mol. The van der Waals surface area contributed by atoms with E-state index in [1.54, 1.807) is 0 Å². The zero-order valence-corrected chi connectivity index (χ0v) is 11.6. The molecule has 0 aliphatic heterocycles. The van der Waals surface area contributed by atoms with E-state index in [1.165, 1.54) is 6.42 Å². The highest BCUT2D eigenvalue weighted by Gasteiger charge is 2.27. The molecule has 1 aliphatic rings. The molecule has 1 aliphatic carbocycles. The number of rotatable bonds is 4. The van der Waals surface area contributed by atoms with Gasteiger partial charge >= 0.3 is 5.69 Å². The van der Waals surface area contributed by atoms with Crippen molar-refractivity contribution in [1.29, 1.82) is 0 Å². The Kier molecular flexibility index (Phi) is 4.52. The first-order valence-electron chi connectivity index (χ1n) is 6.55. The number of halogens is 1. The normalized spacial score (nSPS) is 23.1. The molecule has 0 amide bonds. The van der Waals surface area contributed by atoms with Crippen LogP contribution < -0.4 is 5.32 Å². The molecule has 7 heteroatoms. The molecule has 1 aromatic heterocycles. The molecule has 104 valence electrons. The van der Waals surface area contributed by atoms with Crippen molar-refractivity contribution in [1.82, 2.24) is 9.97 Å². The fraction of sp³-hybridized carbons (Fsp3) is 0.667. The number of nitrogens with one attached hydrogen (secondary N) is 1. The number of hydrogen-bond acceptors (Lipinski definition) is 5. The maximum atomic E-state index is 11.0. The fourth-order valence-electron chi connectivity index (χ4n) is 2.66. The van der Waals surface area contributed by atoms with Gasteiger partial charge in [-0.3, -0.25) is 10.1 Å². The van der Waals surface area contributed by atoms with Gasteiger partial charge in [-0.1, -0.05) is 26.2 Å². The summed E-state index contributed by atoms with van der Waals surface area (Å²) in [4.78, 5) is 18.1. The molecule has 1 N–H and O–H groups in total. The Bertz CT molecular complexity index is 469. The lowest BCUT2D eigenvalue weighted by atomic mass is 9.83. The van der Waals surface area contributed by atoms with Crippen molar-refractivity contribution in [2.45, 2.75) is 45.1 Å². The second kappa shape index (κ2) is 6.14. The van der Waals surface area contributed by atoms with Gasteiger partial charge in [0.1, 0.15) is 6.20 Å². The van der Waals surface area contributed by atoms with Crippen molar-refractivity contribution in [3.8, 4) is 0 Å². The van der Waals surface area contributed by atoms with E-state index >= 15 is 0 Å². The minimum absolute atomic E-state index is 0.0250. The molecule has 0 radical (unpaired) electrons. The number of nitro groups is 1. The van der Waals surface area contributed by atoms with Gasteiger partial charge in [0.25, 0.3) is 0 Å². The molecular formula is C12H17ClN4O2. The van der Waals surface area contributed by atoms with Gasteiger partial charge in [0.05, 0.1) is 4.92 Å². The molecule has 1 heterocycles. The first-order chi connectivity index (χ1) is 9.11. The summed E-state index contributed by atoms with van der Waals surface area (Å²) < 4.78 is 0. The predicted octanol–water partition coefficient (Wildman–Crippen LogP) is 3.42. The zero-order chi connectivity index (χ0) is 13.8. The maximum absolute atomic E-state index is 11.0. The number of nitrogens with zero attached hydrogens (tertiary/aromatic N) is 3. The number of anilines is 1. The van der Waals surface area contributed by atoms with Crippen molar-refractivity contribution in [3.05, 3.63) is 21.6 Å². The standard InChI is InChI=1S/C12H17ClN4O2/c1-2-8-5-3-4-6-9(8)15-11-10(17(18)19)7-14-12(13)16-11/h7-9H,2-6H2,1H3,(H,14,15,16). The smallest absolute Gasteiger partial charge is 0.329 e. The summed E-state index contributed by atoms with van der Waals surface area (Å²) >= 11 is 5.72. The molecule has 2 atom stereocenters. The molecule has 2 unspecified atom stereocenters. The van der Waals surface area contributed by atoms with E-state index < -0.39 is 4.92 Å². The van der Waals surface area contributed by atoms with Gasteiger partial charge in [0, 0.05) is 6.04 Å². The van der Waals surface area contributed by atoms with Gasteiger partial charge in [-0.2, -0.15) is 4.98 Å². The minimum atomic E-state index is -0.484. The second-order valence-electron chi connectivity index (χ2n) is 4.83. The number of hydrogen-bond donors (Lipinski definition) is 1. The van der Waals surface area contributed by atoms with E-state index in [0.717, 1.165) is 31.9 Å². The van der Waals surface area contributed by atoms with Crippen LogP contribution in [-0.2, 0) is 0 Å². The third-order valence-electron chi connectivity index (χ3n) is 3.69. The van der Waals surface area contributed by atoms with Crippen molar-refractivity contribution >= 4 is 23.1 Å². The van der Waals surface area contributed by atoms with Crippen LogP contribution in [0.25, 0.3) is 0 Å². The zero-order valence-electron chi connectivity index (χ0n) is 10.8. The van der Waals surface area contributed by atoms with E-state index in [0.29, 0.717) is 5.92 Å². The third-order valence-corrected chi connectivity index (χ3v) is 3.87. The topological polar surface area (TPSA) is 81.0 Å². The highest BCUT2D eigenvalue weighted by Crippen LogP contribution is 2.31. The van der Waals surface area contributed by atoms with Crippen molar-refractivity contribution in [3.63, 3.8) is 0 Å². The van der Waals surface area contributed by atoms with Crippen molar-refractivity contribution in [2.75, 3.05) is 5.32 Å². The molecule has 0 saturated heterocycles. The largest absolute Gasteiger partial charge is 0.361 e. The summed E-state index contributed by atoms with van der Waals surface area (Å²) in [6, 6.07) is 0.225. The molecule has 6 nitrogen and oxygen atoms in total. The van der Waals surface area contributed by atoms with Gasteiger partial charge < -0.3 is 5.32 Å². The van der Waals surface area contributed by atoms with Crippen LogP contribution in [0.5, 0.6) is 0 Å². The van der Waals surface area contributed by atoms with Crippen LogP contribution in [0.4, 0.5) is 11.5 Å². The summed E-state index contributed by atoms with van der Waals surface area (Å²) in [7, 11) is 0. The van der Waals surface area contributed by atoms with Crippen molar-refractivity contribution in [2.24, 2.45) is 5.92 Å². The second-order valence-corrected chi connectivity index (χ2v) is 5.17. The fourth-order valence-corrected chi connectivity index (χ4v) is 2.79. The Hall–Kier alpha value is -1.43. The first kappa shape index (κ1) is 14.0. The molecule has 19 heavy (non-hydrogen) atoms. The van der Waals surface area contributed by atoms with Gasteiger partial charge in [0.15, 0.2) is 0 Å². The van der Waals surface area contributed by atoms with Gasteiger partial charge in [-0.05, 0) is 30.4 Å². The number of aromatic nitrogens is 2. The van der Waals surface area contributed by atoms with Crippen LogP contribution in [0, 0.1) is 16.0 Å². The maximum Gasteiger partial charge on any atom is 0.329 e. The molecule has 1 aromatic rings. The molecule has 0 bridgehead atoms. The molecular weight excluding hydrogens is 268 g/mol. The Labute approximate surface area is 116 Å². The van der Waals surface area contributed by atoms with Crippen molar-refractivity contribution < 1.29 is 4.92 Å². The van der Waals surface area contributed by atoms with Gasteiger partial charge in [0.2, 0.25) is 11.1 Å². The SMILES string of the molecule is CCC1CCCCC1Nc1nc(Cl)ncc1[N+](=O)[O-]. The summed E-state index contributed by atoms with van der Waals surface area (Å²) in [5.41, 5.74) is -0.121. The lowest BCUT2D eigenvalue weighted by Gasteiger charge is -2.31. The Morgan fingerprint density at radius 1 is 1.53 bits per heavy atom. The van der Waals surface area contributed by atoms with Crippen LogP contribution in [-0.4, -0.2) is 20.9 Å². The van der Waals surface area contributed by atoms with Crippen LogP contribution in [0.15, 0.2) is 6.20 Å². The molecule has 1 fully saturated rings. The van der Waals surface area contributed by atoms with E-state index in [4.69, 9.17) is 11.6 Å². The molecule has 1 saturated carbocycles. The Morgan fingerprint density at radius 2 is 2.26 bits per heavy atom. The minimum Gasteiger partial charge on any atom is -0.361 e. The highest BCUT2D eigenvalue weighted by molar-refractivity contribution is 6.28. The lowest BCUT2D eigenvalue weighted by Crippen LogP contribution is -2.32. The van der Waals surface area contributed by atoms with Crippen LogP contribution >= 0.6 is 11.6 Å². The summed E-state index contributed by atoms with van der Waals surface area (Å²) in [5, 5.41) is 14.2. The average Bonchev–Trinajstić information content (AvgIpc) is 2.39. The van der Waals surface area contributed by atoms with Gasteiger partial charge in [-0.15, -0.1) is 0 Å². The third kappa shape index (κ3) is 3.32. The van der Waals surface area contributed by atoms with E-state index in [-0.39, 0.29) is 22.8 Å². The summed E-state index contributed by atoms with van der Waals surface area (Å²) in [5.74, 6) is 0.762. The predicted molar refractivity (Wildman–Crippen MR) is 73.4 cm³/mol.